The van der Waals surface area contributed by atoms with Gasteiger partial charge in [-0.05, 0) is 13.0 Å². The molecule has 0 spiro atoms. The zero-order chi connectivity index (χ0) is 17.7. The van der Waals surface area contributed by atoms with E-state index in [1.54, 1.807) is 12.1 Å². The Hall–Kier alpha value is -1.75. The fraction of sp³-hybridized carbons (Fsp3) is 0.176. The monoisotopic (exact) mass is 386 g/mol. The normalized spacial score (nSPS) is 10.3. The van der Waals surface area contributed by atoms with Crippen molar-refractivity contribution in [2.45, 2.75) is 6.92 Å². The van der Waals surface area contributed by atoms with Gasteiger partial charge in [-0.2, -0.15) is 0 Å². The summed E-state index contributed by atoms with van der Waals surface area (Å²) in [5, 5.41) is 0.743. The molecule has 0 unspecified atom stereocenters. The molecule has 0 saturated heterocycles. The zero-order valence-electron chi connectivity index (χ0n) is 12.6. The second kappa shape index (κ2) is 8.38. The second-order valence-corrected chi connectivity index (χ2v) is 6.16. The van der Waals surface area contributed by atoms with Crippen molar-refractivity contribution < 1.29 is 19.1 Å². The second-order valence-electron chi connectivity index (χ2n) is 4.94. The van der Waals surface area contributed by atoms with Crippen molar-refractivity contribution in [2.24, 2.45) is 0 Å². The lowest BCUT2D eigenvalue weighted by Gasteiger charge is -2.09. The first-order valence-electron chi connectivity index (χ1n) is 6.89. The van der Waals surface area contributed by atoms with Crippen LogP contribution in [0.2, 0.25) is 15.1 Å². The quantitative estimate of drug-likeness (QED) is 0.407. The summed E-state index contributed by atoms with van der Waals surface area (Å²) in [6, 6.07) is 9.79. The third kappa shape index (κ3) is 5.13. The van der Waals surface area contributed by atoms with Gasteiger partial charge in [0.15, 0.2) is 19.0 Å². The Morgan fingerprint density at radius 3 is 2.21 bits per heavy atom. The van der Waals surface area contributed by atoms with Crippen molar-refractivity contribution in [1.29, 1.82) is 0 Å². The van der Waals surface area contributed by atoms with Crippen molar-refractivity contribution >= 4 is 46.6 Å². The topological polar surface area (TPSA) is 52.6 Å². The standard InChI is InChI=1S/C17H13Cl3O4/c1-10-2-4-11(5-3-10)15(21)8-24-17(22)9-23-16-7-13(19)12(18)6-14(16)20/h2-7H,8-9H2,1H3. The Morgan fingerprint density at radius 1 is 0.917 bits per heavy atom. The summed E-state index contributed by atoms with van der Waals surface area (Å²) >= 11 is 17.6. The Labute approximate surface area is 154 Å². The summed E-state index contributed by atoms with van der Waals surface area (Å²) in [7, 11) is 0. The lowest BCUT2D eigenvalue weighted by atomic mass is 10.1. The van der Waals surface area contributed by atoms with E-state index in [0.717, 1.165) is 5.56 Å². The van der Waals surface area contributed by atoms with Gasteiger partial charge in [-0.1, -0.05) is 64.6 Å². The molecule has 0 aliphatic rings. The van der Waals surface area contributed by atoms with Crippen LogP contribution in [0.5, 0.6) is 5.75 Å². The van der Waals surface area contributed by atoms with Gasteiger partial charge < -0.3 is 9.47 Å². The number of carbonyl (C=O) groups excluding carboxylic acids is 2. The van der Waals surface area contributed by atoms with E-state index in [-0.39, 0.29) is 33.2 Å². The molecule has 2 aromatic carbocycles. The zero-order valence-corrected chi connectivity index (χ0v) is 14.9. The van der Waals surface area contributed by atoms with Crippen molar-refractivity contribution in [3.05, 3.63) is 62.6 Å². The maximum absolute atomic E-state index is 11.9. The first kappa shape index (κ1) is 18.6. The molecule has 24 heavy (non-hydrogen) atoms. The SMILES string of the molecule is Cc1ccc(C(=O)COC(=O)COc2cc(Cl)c(Cl)cc2Cl)cc1. The van der Waals surface area contributed by atoms with E-state index in [4.69, 9.17) is 44.3 Å². The van der Waals surface area contributed by atoms with Crippen LogP contribution in [-0.4, -0.2) is 25.0 Å². The van der Waals surface area contributed by atoms with Crippen LogP contribution in [0.25, 0.3) is 0 Å². The Balaban J connectivity index is 1.84. The fourth-order valence-corrected chi connectivity index (χ4v) is 2.35. The van der Waals surface area contributed by atoms with E-state index in [1.165, 1.54) is 12.1 Å². The van der Waals surface area contributed by atoms with Crippen molar-refractivity contribution in [2.75, 3.05) is 13.2 Å². The van der Waals surface area contributed by atoms with Crippen LogP contribution in [0.3, 0.4) is 0 Å². The number of benzene rings is 2. The van der Waals surface area contributed by atoms with E-state index in [0.29, 0.717) is 5.56 Å². The number of carbonyl (C=O) groups is 2. The lowest BCUT2D eigenvalue weighted by molar-refractivity contribution is -0.144. The predicted octanol–water partition coefficient (Wildman–Crippen LogP) is 4.76. The molecule has 126 valence electrons. The van der Waals surface area contributed by atoms with Gasteiger partial charge in [0.25, 0.3) is 0 Å². The number of Topliss-reactive ketones (excluding diaryl/α,β-unsaturated/α-hetero) is 1. The van der Waals surface area contributed by atoms with Gasteiger partial charge in [0.1, 0.15) is 5.75 Å². The molecular weight excluding hydrogens is 375 g/mol. The number of ether oxygens (including phenoxy) is 2. The third-order valence-electron chi connectivity index (χ3n) is 3.06. The number of halogens is 3. The van der Waals surface area contributed by atoms with Gasteiger partial charge >= 0.3 is 5.97 Å². The summed E-state index contributed by atoms with van der Waals surface area (Å²) in [6.07, 6.45) is 0. The predicted molar refractivity (Wildman–Crippen MR) is 93.4 cm³/mol. The van der Waals surface area contributed by atoms with Crippen LogP contribution in [-0.2, 0) is 9.53 Å². The van der Waals surface area contributed by atoms with Crippen molar-refractivity contribution in [3.63, 3.8) is 0 Å². The maximum Gasteiger partial charge on any atom is 0.344 e. The summed E-state index contributed by atoms with van der Waals surface area (Å²) in [6.45, 7) is 1.15. The van der Waals surface area contributed by atoms with Gasteiger partial charge in [-0.3, -0.25) is 4.79 Å². The van der Waals surface area contributed by atoms with Gasteiger partial charge in [0.05, 0.1) is 15.1 Å². The van der Waals surface area contributed by atoms with Gasteiger partial charge in [0.2, 0.25) is 0 Å². The van der Waals surface area contributed by atoms with E-state index < -0.39 is 12.6 Å². The minimum absolute atomic E-state index is 0.202. The molecule has 7 heteroatoms. The molecule has 0 bridgehead atoms. The summed E-state index contributed by atoms with van der Waals surface area (Å²) < 4.78 is 10.1. The smallest absolute Gasteiger partial charge is 0.344 e. The van der Waals surface area contributed by atoms with Crippen LogP contribution >= 0.6 is 34.8 Å². The molecule has 0 aliphatic carbocycles. The maximum atomic E-state index is 11.9. The molecule has 0 aliphatic heterocycles. The molecule has 0 fully saturated rings. The fourth-order valence-electron chi connectivity index (χ4n) is 1.76. The summed E-state index contributed by atoms with van der Waals surface area (Å²) in [5.74, 6) is -0.790. The van der Waals surface area contributed by atoms with E-state index in [1.807, 2.05) is 19.1 Å². The first-order chi connectivity index (χ1) is 11.4. The Bertz CT molecular complexity index is 757. The average molecular weight is 388 g/mol. The number of hydrogen-bond donors (Lipinski definition) is 0. The van der Waals surface area contributed by atoms with Crippen LogP contribution < -0.4 is 4.74 Å². The molecular formula is C17H13Cl3O4. The minimum Gasteiger partial charge on any atom is -0.480 e. The molecule has 0 radical (unpaired) electrons. The van der Waals surface area contributed by atoms with Gasteiger partial charge in [-0.15, -0.1) is 0 Å². The Kier molecular flexibility index (Phi) is 6.49. The molecule has 0 saturated carbocycles. The first-order valence-corrected chi connectivity index (χ1v) is 8.03. The average Bonchev–Trinajstić information content (AvgIpc) is 2.55. The molecule has 0 atom stereocenters. The highest BCUT2D eigenvalue weighted by Gasteiger charge is 2.12. The highest BCUT2D eigenvalue weighted by atomic mass is 35.5. The third-order valence-corrected chi connectivity index (χ3v) is 4.08. The van der Waals surface area contributed by atoms with Gasteiger partial charge in [-0.25, -0.2) is 4.79 Å². The van der Waals surface area contributed by atoms with Crippen LogP contribution in [0.4, 0.5) is 0 Å². The van der Waals surface area contributed by atoms with Gasteiger partial charge in [0, 0.05) is 11.6 Å². The van der Waals surface area contributed by atoms with Crippen LogP contribution in [0.15, 0.2) is 36.4 Å². The summed E-state index contributed by atoms with van der Waals surface area (Å²) in [5.41, 5.74) is 1.51. The molecule has 0 amide bonds. The molecule has 4 nitrogen and oxygen atoms in total. The van der Waals surface area contributed by atoms with E-state index in [9.17, 15) is 9.59 Å². The molecule has 2 rings (SSSR count). The van der Waals surface area contributed by atoms with Crippen molar-refractivity contribution in [3.8, 4) is 5.75 Å². The Morgan fingerprint density at radius 2 is 1.54 bits per heavy atom. The van der Waals surface area contributed by atoms with E-state index in [2.05, 4.69) is 0 Å². The highest BCUT2D eigenvalue weighted by Crippen LogP contribution is 2.33. The molecule has 0 N–H and O–H groups in total. The summed E-state index contributed by atoms with van der Waals surface area (Å²) in [4.78, 5) is 23.6. The molecule has 2 aromatic rings. The number of aryl methyl sites for hydroxylation is 1. The number of ketones is 1. The largest absolute Gasteiger partial charge is 0.480 e. The molecule has 0 aromatic heterocycles. The number of rotatable bonds is 6. The van der Waals surface area contributed by atoms with Crippen LogP contribution in [0.1, 0.15) is 15.9 Å². The highest BCUT2D eigenvalue weighted by molar-refractivity contribution is 6.43. The number of esters is 1. The van der Waals surface area contributed by atoms with Crippen molar-refractivity contribution in [1.82, 2.24) is 0 Å². The molecule has 0 heterocycles. The van der Waals surface area contributed by atoms with Crippen LogP contribution in [0, 0.1) is 6.92 Å². The lowest BCUT2D eigenvalue weighted by Crippen LogP contribution is -2.19. The number of hydrogen-bond acceptors (Lipinski definition) is 4. The van der Waals surface area contributed by atoms with E-state index >= 15 is 0 Å². The minimum atomic E-state index is -0.697.